The van der Waals surface area contributed by atoms with Crippen molar-refractivity contribution in [2.45, 2.75) is 18.6 Å². The van der Waals surface area contributed by atoms with E-state index in [9.17, 15) is 13.9 Å². The lowest BCUT2D eigenvalue weighted by atomic mass is 9.82. The third kappa shape index (κ3) is 3.67. The Hall–Kier alpha value is -3.59. The molecule has 1 unspecified atom stereocenters. The molecular formula is C21H20F2N6O. The molecular weight excluding hydrogens is 390 g/mol. The van der Waals surface area contributed by atoms with Crippen molar-refractivity contribution in [2.75, 3.05) is 11.6 Å². The van der Waals surface area contributed by atoms with Crippen LogP contribution in [0.3, 0.4) is 0 Å². The second kappa shape index (κ2) is 7.68. The Kier molecular flexibility index (Phi) is 5.04. The highest BCUT2D eigenvalue weighted by Gasteiger charge is 2.37. The first-order valence-electron chi connectivity index (χ1n) is 9.27. The number of rotatable bonds is 6. The van der Waals surface area contributed by atoms with Crippen molar-refractivity contribution < 1.29 is 13.9 Å². The first kappa shape index (κ1) is 19.7. The summed E-state index contributed by atoms with van der Waals surface area (Å²) in [6.07, 6.45) is 3.40. The van der Waals surface area contributed by atoms with Crippen LogP contribution >= 0.6 is 0 Å². The van der Waals surface area contributed by atoms with Gasteiger partial charge < -0.3 is 10.8 Å². The van der Waals surface area contributed by atoms with Crippen molar-refractivity contribution in [1.82, 2.24) is 14.8 Å². The zero-order valence-electron chi connectivity index (χ0n) is 16.0. The third-order valence-electron chi connectivity index (χ3n) is 5.08. The van der Waals surface area contributed by atoms with Crippen LogP contribution in [0.15, 0.2) is 66.8 Å². The molecule has 1 aliphatic rings. The van der Waals surface area contributed by atoms with Crippen molar-refractivity contribution in [1.29, 1.82) is 0 Å². The fourth-order valence-electron chi connectivity index (χ4n) is 3.45. The van der Waals surface area contributed by atoms with Gasteiger partial charge in [-0.3, -0.25) is 5.01 Å². The Labute approximate surface area is 171 Å². The highest BCUT2D eigenvalue weighted by molar-refractivity contribution is 5.84. The normalized spacial score (nSPS) is 15.7. The van der Waals surface area contributed by atoms with E-state index in [-0.39, 0.29) is 17.7 Å². The summed E-state index contributed by atoms with van der Waals surface area (Å²) in [5.74, 6) is -1.05. The zero-order chi connectivity index (χ0) is 21.3. The van der Waals surface area contributed by atoms with E-state index in [1.807, 2.05) is 12.1 Å². The van der Waals surface area contributed by atoms with Crippen LogP contribution in [0.1, 0.15) is 17.5 Å². The summed E-state index contributed by atoms with van der Waals surface area (Å²) in [6, 6.07) is 10.2. The molecule has 7 nitrogen and oxygen atoms in total. The van der Waals surface area contributed by atoms with Gasteiger partial charge in [-0.05, 0) is 35.4 Å². The molecule has 1 atom stereocenters. The van der Waals surface area contributed by atoms with Crippen LogP contribution in [0.4, 0.5) is 14.5 Å². The first-order valence-corrected chi connectivity index (χ1v) is 9.27. The van der Waals surface area contributed by atoms with E-state index in [4.69, 9.17) is 5.73 Å². The molecule has 2 aromatic carbocycles. The van der Waals surface area contributed by atoms with Gasteiger partial charge in [0, 0.05) is 24.6 Å². The lowest BCUT2D eigenvalue weighted by molar-refractivity contribution is 0.0726. The summed E-state index contributed by atoms with van der Waals surface area (Å²) in [4.78, 5) is 3.86. The quantitative estimate of drug-likeness (QED) is 0.652. The maximum Gasteiger partial charge on any atom is 0.137 e. The van der Waals surface area contributed by atoms with Crippen molar-refractivity contribution in [2.24, 2.45) is 10.8 Å². The Bertz CT molecular complexity index is 1100. The molecule has 1 aliphatic heterocycles. The third-order valence-corrected chi connectivity index (χ3v) is 5.08. The predicted molar refractivity (Wildman–Crippen MR) is 109 cm³/mol. The van der Waals surface area contributed by atoms with Gasteiger partial charge in [-0.2, -0.15) is 10.2 Å². The van der Waals surface area contributed by atoms with Crippen molar-refractivity contribution in [3.63, 3.8) is 0 Å². The number of hydrogen-bond donors (Lipinski definition) is 2. The highest BCUT2D eigenvalue weighted by Crippen LogP contribution is 2.38. The lowest BCUT2D eigenvalue weighted by Crippen LogP contribution is -2.34. The molecule has 0 saturated heterocycles. The fraction of sp³-hybridized carbons (Fsp3) is 0.190. The zero-order valence-corrected chi connectivity index (χ0v) is 16.0. The molecule has 154 valence electrons. The Morgan fingerprint density at radius 3 is 2.57 bits per heavy atom. The van der Waals surface area contributed by atoms with Gasteiger partial charge in [0.15, 0.2) is 0 Å². The SMILES string of the molecule is C=C(c1ccc(N2CCC(N)=N2)cc1)C(O)(Cn1cncn1)c1ccc(F)cc1F. The van der Waals surface area contributed by atoms with Gasteiger partial charge >= 0.3 is 0 Å². The van der Waals surface area contributed by atoms with Gasteiger partial charge in [-0.25, -0.2) is 18.4 Å². The smallest absolute Gasteiger partial charge is 0.137 e. The molecule has 0 radical (unpaired) electrons. The van der Waals surface area contributed by atoms with Gasteiger partial charge in [0.2, 0.25) is 0 Å². The number of halogens is 2. The van der Waals surface area contributed by atoms with Crippen molar-refractivity contribution >= 4 is 17.1 Å². The average Bonchev–Trinajstić information content (AvgIpc) is 3.39. The van der Waals surface area contributed by atoms with Crippen molar-refractivity contribution in [3.8, 4) is 0 Å². The number of amidine groups is 1. The summed E-state index contributed by atoms with van der Waals surface area (Å²) >= 11 is 0. The molecule has 0 aliphatic carbocycles. The van der Waals surface area contributed by atoms with E-state index in [1.54, 1.807) is 17.1 Å². The predicted octanol–water partition coefficient (Wildman–Crippen LogP) is 2.64. The van der Waals surface area contributed by atoms with Crippen LogP contribution in [0, 0.1) is 11.6 Å². The van der Waals surface area contributed by atoms with Crippen LogP contribution in [-0.2, 0) is 12.1 Å². The molecule has 2 heterocycles. The minimum absolute atomic E-state index is 0.106. The number of aliphatic hydroxyl groups is 1. The van der Waals surface area contributed by atoms with Crippen LogP contribution < -0.4 is 10.7 Å². The second-order valence-corrected chi connectivity index (χ2v) is 7.07. The number of benzene rings is 2. The average molecular weight is 410 g/mol. The minimum atomic E-state index is -1.89. The molecule has 1 aromatic heterocycles. The molecule has 30 heavy (non-hydrogen) atoms. The van der Waals surface area contributed by atoms with Gasteiger partial charge in [0.1, 0.15) is 35.7 Å². The number of nitrogens with zero attached hydrogens (tertiary/aromatic N) is 5. The Morgan fingerprint density at radius 2 is 1.97 bits per heavy atom. The van der Waals surface area contributed by atoms with E-state index < -0.39 is 17.2 Å². The Balaban J connectivity index is 1.70. The number of anilines is 1. The molecule has 0 fully saturated rings. The van der Waals surface area contributed by atoms with E-state index in [2.05, 4.69) is 21.8 Å². The molecule has 9 heteroatoms. The second-order valence-electron chi connectivity index (χ2n) is 7.07. The molecule has 4 rings (SSSR count). The van der Waals surface area contributed by atoms with Crippen LogP contribution in [0.2, 0.25) is 0 Å². The highest BCUT2D eigenvalue weighted by atomic mass is 19.1. The maximum atomic E-state index is 14.6. The van der Waals surface area contributed by atoms with Gasteiger partial charge in [0.05, 0.1) is 12.2 Å². The molecule has 3 N–H and O–H groups in total. The topological polar surface area (TPSA) is 92.6 Å². The Morgan fingerprint density at radius 1 is 1.20 bits per heavy atom. The first-order chi connectivity index (χ1) is 14.4. The van der Waals surface area contributed by atoms with Crippen LogP contribution in [-0.4, -0.2) is 32.3 Å². The monoisotopic (exact) mass is 410 g/mol. The lowest BCUT2D eigenvalue weighted by Gasteiger charge is -2.31. The van der Waals surface area contributed by atoms with E-state index in [1.165, 1.54) is 23.4 Å². The largest absolute Gasteiger partial charge is 0.386 e. The van der Waals surface area contributed by atoms with Gasteiger partial charge in [0.25, 0.3) is 0 Å². The number of hydrogen-bond acceptors (Lipinski definition) is 6. The van der Waals surface area contributed by atoms with E-state index in [0.717, 1.165) is 17.8 Å². The summed E-state index contributed by atoms with van der Waals surface area (Å²) in [7, 11) is 0. The van der Waals surface area contributed by atoms with Crippen LogP contribution in [0.5, 0.6) is 0 Å². The standard InChI is InChI=1S/C21H20F2N6O/c1-14(15-2-5-17(6-3-15)29-9-8-20(24)27-29)21(30,11-28-13-25-12-26-28)18-7-4-16(22)10-19(18)23/h2-7,10,12-13,30H,1,8-9,11H2,(H2,24,27). The van der Waals surface area contributed by atoms with E-state index >= 15 is 0 Å². The van der Waals surface area contributed by atoms with Crippen molar-refractivity contribution in [3.05, 3.63) is 84.5 Å². The summed E-state index contributed by atoms with van der Waals surface area (Å²) < 4.78 is 29.5. The van der Waals surface area contributed by atoms with Crippen LogP contribution in [0.25, 0.3) is 5.57 Å². The molecule has 3 aromatic rings. The number of nitrogens with two attached hydrogens (primary N) is 1. The summed E-state index contributed by atoms with van der Waals surface area (Å²) in [6.45, 7) is 4.56. The maximum absolute atomic E-state index is 14.6. The molecule has 0 amide bonds. The molecule has 0 spiro atoms. The minimum Gasteiger partial charge on any atom is -0.386 e. The summed E-state index contributed by atoms with van der Waals surface area (Å²) in [5.41, 5.74) is 5.40. The molecule has 0 bridgehead atoms. The molecule has 0 saturated carbocycles. The van der Waals surface area contributed by atoms with E-state index in [0.29, 0.717) is 24.4 Å². The summed E-state index contributed by atoms with van der Waals surface area (Å²) in [5, 5.41) is 21.6. The number of hydrazone groups is 1. The number of aromatic nitrogens is 3. The fourth-order valence-corrected chi connectivity index (χ4v) is 3.45. The van der Waals surface area contributed by atoms with Gasteiger partial charge in [-0.15, -0.1) is 0 Å². The van der Waals surface area contributed by atoms with Gasteiger partial charge in [-0.1, -0.05) is 18.7 Å².